The van der Waals surface area contributed by atoms with Crippen LogP contribution in [0.5, 0.6) is 5.75 Å². The summed E-state index contributed by atoms with van der Waals surface area (Å²) in [5.41, 5.74) is 1.27. The number of aryl methyl sites for hydroxylation is 1. The van der Waals surface area contributed by atoms with Crippen LogP contribution in [0.25, 0.3) is 0 Å². The van der Waals surface area contributed by atoms with Crippen molar-refractivity contribution in [2.75, 3.05) is 6.61 Å². The lowest BCUT2D eigenvalue weighted by molar-refractivity contribution is 0.295. The summed E-state index contributed by atoms with van der Waals surface area (Å²) >= 11 is 0. The van der Waals surface area contributed by atoms with E-state index in [4.69, 9.17) is 9.26 Å². The lowest BCUT2D eigenvalue weighted by Crippen LogP contribution is -2.32. The van der Waals surface area contributed by atoms with Gasteiger partial charge in [0.1, 0.15) is 5.75 Å². The predicted molar refractivity (Wildman–Crippen MR) is 70.0 cm³/mol. The Hall–Kier alpha value is -1.88. The molecule has 1 aromatic heterocycles. The number of hydrogen-bond donors (Lipinski definition) is 1. The topological polar surface area (TPSA) is 60.2 Å². The van der Waals surface area contributed by atoms with Gasteiger partial charge < -0.3 is 14.6 Å². The number of rotatable bonds is 4. The third-order valence-electron chi connectivity index (χ3n) is 3.49. The second-order valence-corrected chi connectivity index (χ2v) is 4.86. The van der Waals surface area contributed by atoms with E-state index in [0.29, 0.717) is 24.2 Å². The van der Waals surface area contributed by atoms with Gasteiger partial charge in [-0.2, -0.15) is 4.98 Å². The fraction of sp³-hybridized carbons (Fsp3) is 0.429. The van der Waals surface area contributed by atoms with Gasteiger partial charge in [0.2, 0.25) is 5.89 Å². The van der Waals surface area contributed by atoms with Crippen LogP contribution in [-0.2, 0) is 6.54 Å². The van der Waals surface area contributed by atoms with Gasteiger partial charge in [-0.25, -0.2) is 0 Å². The molecule has 1 N–H and O–H groups in total. The lowest BCUT2D eigenvalue weighted by atomic mass is 9.94. The van der Waals surface area contributed by atoms with Gasteiger partial charge >= 0.3 is 0 Å². The number of fused-ring (bicyclic) bond motifs is 1. The van der Waals surface area contributed by atoms with Gasteiger partial charge in [0.15, 0.2) is 5.82 Å². The van der Waals surface area contributed by atoms with E-state index < -0.39 is 0 Å². The molecule has 0 radical (unpaired) electrons. The molecule has 1 aliphatic heterocycles. The van der Waals surface area contributed by atoms with E-state index in [9.17, 15) is 0 Å². The highest BCUT2D eigenvalue weighted by Gasteiger charge is 2.28. The first-order chi connectivity index (χ1) is 9.24. The molecular formula is C14H17N3O2. The van der Waals surface area contributed by atoms with Crippen LogP contribution in [0.2, 0.25) is 0 Å². The fourth-order valence-corrected chi connectivity index (χ4v) is 2.40. The molecule has 2 aromatic rings. The fourth-order valence-electron chi connectivity index (χ4n) is 2.40. The van der Waals surface area contributed by atoms with Crippen LogP contribution in [0.1, 0.15) is 30.1 Å². The second-order valence-electron chi connectivity index (χ2n) is 4.86. The van der Waals surface area contributed by atoms with Crippen molar-refractivity contribution < 1.29 is 9.26 Å². The molecule has 0 saturated heterocycles. The van der Waals surface area contributed by atoms with Crippen molar-refractivity contribution in [3.05, 3.63) is 41.5 Å². The third-order valence-corrected chi connectivity index (χ3v) is 3.49. The maximum absolute atomic E-state index is 5.70. The van der Waals surface area contributed by atoms with Crippen molar-refractivity contribution in [2.45, 2.75) is 32.4 Å². The second kappa shape index (κ2) is 5.01. The SMILES string of the molecule is Cc1noc(CN[C@H](C)[C@H]2COc3ccccc32)n1. The summed E-state index contributed by atoms with van der Waals surface area (Å²) in [6.45, 7) is 5.27. The average Bonchev–Trinajstić information content (AvgIpc) is 3.02. The number of nitrogens with one attached hydrogen (secondary N) is 1. The minimum absolute atomic E-state index is 0.288. The molecule has 5 heteroatoms. The summed E-state index contributed by atoms with van der Waals surface area (Å²) in [6, 6.07) is 8.48. The molecule has 0 aliphatic carbocycles. The molecule has 0 bridgehead atoms. The van der Waals surface area contributed by atoms with Crippen LogP contribution in [0, 0.1) is 6.92 Å². The third kappa shape index (κ3) is 2.46. The first kappa shape index (κ1) is 12.2. The molecule has 2 heterocycles. The monoisotopic (exact) mass is 259 g/mol. The van der Waals surface area contributed by atoms with E-state index in [-0.39, 0.29) is 6.04 Å². The lowest BCUT2D eigenvalue weighted by Gasteiger charge is -2.18. The van der Waals surface area contributed by atoms with Gasteiger partial charge in [0.05, 0.1) is 13.2 Å². The van der Waals surface area contributed by atoms with Crippen molar-refractivity contribution in [1.82, 2.24) is 15.5 Å². The maximum Gasteiger partial charge on any atom is 0.240 e. The Labute approximate surface area is 112 Å². The highest BCUT2D eigenvalue weighted by molar-refractivity contribution is 5.40. The van der Waals surface area contributed by atoms with Crippen molar-refractivity contribution in [1.29, 1.82) is 0 Å². The van der Waals surface area contributed by atoms with E-state index in [1.54, 1.807) is 0 Å². The minimum atomic E-state index is 0.288. The first-order valence-corrected chi connectivity index (χ1v) is 6.48. The Morgan fingerprint density at radius 1 is 1.42 bits per heavy atom. The number of aromatic nitrogens is 2. The molecule has 1 aliphatic rings. The smallest absolute Gasteiger partial charge is 0.240 e. The summed E-state index contributed by atoms with van der Waals surface area (Å²) < 4.78 is 10.8. The van der Waals surface area contributed by atoms with E-state index in [1.165, 1.54) is 5.56 Å². The van der Waals surface area contributed by atoms with Crippen LogP contribution in [0.4, 0.5) is 0 Å². The Bertz CT molecular complexity index is 567. The molecule has 1 aromatic carbocycles. The van der Waals surface area contributed by atoms with Gasteiger partial charge in [0.25, 0.3) is 0 Å². The number of para-hydroxylation sites is 1. The van der Waals surface area contributed by atoms with Crippen LogP contribution in [0.3, 0.4) is 0 Å². The van der Waals surface area contributed by atoms with Crippen LogP contribution < -0.4 is 10.1 Å². The van der Waals surface area contributed by atoms with Gasteiger partial charge in [-0.05, 0) is 19.9 Å². The summed E-state index contributed by atoms with van der Waals surface area (Å²) in [5.74, 6) is 2.64. The molecular weight excluding hydrogens is 242 g/mol. The Balaban J connectivity index is 1.64. The molecule has 100 valence electrons. The summed E-state index contributed by atoms with van der Waals surface area (Å²) in [7, 11) is 0. The quantitative estimate of drug-likeness (QED) is 0.910. The van der Waals surface area contributed by atoms with Crippen molar-refractivity contribution >= 4 is 0 Å². The van der Waals surface area contributed by atoms with Crippen molar-refractivity contribution in [2.24, 2.45) is 0 Å². The van der Waals surface area contributed by atoms with Gasteiger partial charge in [0, 0.05) is 17.5 Å². The molecule has 0 amide bonds. The molecule has 0 unspecified atom stereocenters. The van der Waals surface area contributed by atoms with Crippen LogP contribution in [-0.4, -0.2) is 22.8 Å². The predicted octanol–water partition coefficient (Wildman–Crippen LogP) is 2.03. The zero-order valence-electron chi connectivity index (χ0n) is 11.1. The van der Waals surface area contributed by atoms with E-state index in [2.05, 4.69) is 34.5 Å². The zero-order valence-corrected chi connectivity index (χ0v) is 11.1. The highest BCUT2D eigenvalue weighted by atomic mass is 16.5. The maximum atomic E-state index is 5.70. The zero-order chi connectivity index (χ0) is 13.2. The number of ether oxygens (including phenoxy) is 1. The van der Waals surface area contributed by atoms with Gasteiger partial charge in [-0.3, -0.25) is 0 Å². The number of benzene rings is 1. The molecule has 5 nitrogen and oxygen atoms in total. The molecule has 3 rings (SSSR count). The summed E-state index contributed by atoms with van der Waals surface area (Å²) in [6.07, 6.45) is 0. The molecule has 0 saturated carbocycles. The summed E-state index contributed by atoms with van der Waals surface area (Å²) in [4.78, 5) is 4.18. The molecule has 0 spiro atoms. The van der Waals surface area contributed by atoms with Crippen molar-refractivity contribution in [3.8, 4) is 5.75 Å². The standard InChI is InChI=1S/C14H17N3O2/c1-9(15-7-14-16-10(2)17-19-14)12-8-18-13-6-4-3-5-11(12)13/h3-6,9,12,15H,7-8H2,1-2H3/t9-,12-/m1/s1. The largest absolute Gasteiger partial charge is 0.493 e. The van der Waals surface area contributed by atoms with E-state index in [1.807, 2.05) is 19.1 Å². The highest BCUT2D eigenvalue weighted by Crippen LogP contribution is 2.35. The minimum Gasteiger partial charge on any atom is -0.493 e. The number of nitrogens with zero attached hydrogens (tertiary/aromatic N) is 2. The van der Waals surface area contributed by atoms with Crippen LogP contribution >= 0.6 is 0 Å². The Morgan fingerprint density at radius 3 is 3.05 bits per heavy atom. The number of hydrogen-bond acceptors (Lipinski definition) is 5. The Morgan fingerprint density at radius 2 is 2.26 bits per heavy atom. The van der Waals surface area contributed by atoms with Gasteiger partial charge in [-0.1, -0.05) is 23.4 Å². The normalized spacial score (nSPS) is 18.9. The first-order valence-electron chi connectivity index (χ1n) is 6.48. The van der Waals surface area contributed by atoms with Crippen LogP contribution in [0.15, 0.2) is 28.8 Å². The molecule has 0 fully saturated rings. The van der Waals surface area contributed by atoms with E-state index in [0.717, 1.165) is 12.4 Å². The molecule has 2 atom stereocenters. The van der Waals surface area contributed by atoms with Crippen molar-refractivity contribution in [3.63, 3.8) is 0 Å². The molecule has 19 heavy (non-hydrogen) atoms. The van der Waals surface area contributed by atoms with E-state index >= 15 is 0 Å². The summed E-state index contributed by atoms with van der Waals surface area (Å²) in [5, 5.41) is 7.20. The Kier molecular flexibility index (Phi) is 3.21. The average molecular weight is 259 g/mol. The van der Waals surface area contributed by atoms with Gasteiger partial charge in [-0.15, -0.1) is 0 Å².